The molecule has 0 heterocycles. The van der Waals surface area contributed by atoms with Crippen molar-refractivity contribution in [2.45, 2.75) is 19.3 Å². The number of para-hydroxylation sites is 2. The van der Waals surface area contributed by atoms with Gasteiger partial charge in [-0.15, -0.1) is 0 Å². The number of fused-ring (bicyclic) bond motifs is 1. The summed E-state index contributed by atoms with van der Waals surface area (Å²) in [7, 11) is 0. The zero-order chi connectivity index (χ0) is 13.9. The molecule has 1 atom stereocenters. The molecular weight excluding hydrogens is 248 g/mol. The molecule has 0 saturated heterocycles. The Bertz CT molecular complexity index is 636. The molecule has 0 radical (unpaired) electrons. The molecule has 0 spiro atoms. The number of benzene rings is 2. The van der Waals surface area contributed by atoms with Gasteiger partial charge in [-0.3, -0.25) is 4.79 Å². The van der Waals surface area contributed by atoms with Gasteiger partial charge in [0.15, 0.2) is 0 Å². The molecule has 0 saturated carbocycles. The summed E-state index contributed by atoms with van der Waals surface area (Å²) in [5.41, 5.74) is 9.84. The standard InChI is InChI=1S/C17H18N2O/c18-15-7-3-4-8-16(15)19-17(20)14-10-9-12-5-1-2-6-13(12)11-14/h1-8,14H,9-11,18H2,(H,19,20). The molecule has 1 aliphatic rings. The molecule has 0 fully saturated rings. The molecule has 0 aliphatic heterocycles. The Balaban J connectivity index is 1.72. The van der Waals surface area contributed by atoms with Crippen molar-refractivity contribution in [1.29, 1.82) is 0 Å². The molecule has 0 bridgehead atoms. The van der Waals surface area contributed by atoms with Crippen molar-refractivity contribution in [1.82, 2.24) is 0 Å². The van der Waals surface area contributed by atoms with Crippen molar-refractivity contribution in [3.05, 3.63) is 59.7 Å². The van der Waals surface area contributed by atoms with E-state index in [1.807, 2.05) is 24.3 Å². The number of anilines is 2. The summed E-state index contributed by atoms with van der Waals surface area (Å²) in [5.74, 6) is 0.0990. The van der Waals surface area contributed by atoms with Crippen LogP contribution in [0, 0.1) is 5.92 Å². The second-order valence-corrected chi connectivity index (χ2v) is 5.28. The van der Waals surface area contributed by atoms with E-state index >= 15 is 0 Å². The number of amides is 1. The number of hydrogen-bond acceptors (Lipinski definition) is 2. The first-order valence-corrected chi connectivity index (χ1v) is 6.96. The summed E-state index contributed by atoms with van der Waals surface area (Å²) < 4.78 is 0. The van der Waals surface area contributed by atoms with Gasteiger partial charge in [0.2, 0.25) is 5.91 Å². The van der Waals surface area contributed by atoms with Gasteiger partial charge in [-0.2, -0.15) is 0 Å². The molecule has 1 unspecified atom stereocenters. The van der Waals surface area contributed by atoms with Crippen LogP contribution in [0.5, 0.6) is 0 Å². The molecule has 3 N–H and O–H groups in total. The molecule has 0 aromatic heterocycles. The Morgan fingerprint density at radius 3 is 2.55 bits per heavy atom. The largest absolute Gasteiger partial charge is 0.397 e. The fraction of sp³-hybridized carbons (Fsp3) is 0.235. The van der Waals surface area contributed by atoms with E-state index < -0.39 is 0 Å². The van der Waals surface area contributed by atoms with Crippen molar-refractivity contribution in [2.24, 2.45) is 5.92 Å². The van der Waals surface area contributed by atoms with E-state index in [4.69, 9.17) is 5.73 Å². The van der Waals surface area contributed by atoms with Crippen LogP contribution in [-0.4, -0.2) is 5.91 Å². The van der Waals surface area contributed by atoms with E-state index in [0.29, 0.717) is 11.4 Å². The molecule has 102 valence electrons. The quantitative estimate of drug-likeness (QED) is 0.821. The second kappa shape index (κ2) is 5.37. The topological polar surface area (TPSA) is 55.1 Å². The third-order valence-corrected chi connectivity index (χ3v) is 3.94. The van der Waals surface area contributed by atoms with Crippen molar-refractivity contribution in [2.75, 3.05) is 11.1 Å². The lowest BCUT2D eigenvalue weighted by Crippen LogP contribution is -2.28. The normalized spacial score (nSPS) is 17.3. The van der Waals surface area contributed by atoms with Crippen LogP contribution < -0.4 is 11.1 Å². The second-order valence-electron chi connectivity index (χ2n) is 5.28. The van der Waals surface area contributed by atoms with Crippen LogP contribution in [0.4, 0.5) is 11.4 Å². The van der Waals surface area contributed by atoms with Gasteiger partial charge in [0.25, 0.3) is 0 Å². The molecule has 3 rings (SSSR count). The smallest absolute Gasteiger partial charge is 0.227 e. The monoisotopic (exact) mass is 266 g/mol. The maximum Gasteiger partial charge on any atom is 0.227 e. The lowest BCUT2D eigenvalue weighted by molar-refractivity contribution is -0.120. The van der Waals surface area contributed by atoms with Gasteiger partial charge in [-0.05, 0) is 42.5 Å². The van der Waals surface area contributed by atoms with Gasteiger partial charge in [-0.1, -0.05) is 36.4 Å². The lowest BCUT2D eigenvalue weighted by Gasteiger charge is -2.24. The van der Waals surface area contributed by atoms with Crippen LogP contribution in [0.3, 0.4) is 0 Å². The number of carbonyl (C=O) groups is 1. The summed E-state index contributed by atoms with van der Waals surface area (Å²) in [6.07, 6.45) is 2.68. The molecule has 1 aliphatic carbocycles. The van der Waals surface area contributed by atoms with E-state index in [0.717, 1.165) is 19.3 Å². The lowest BCUT2D eigenvalue weighted by atomic mass is 9.83. The Morgan fingerprint density at radius 1 is 1.05 bits per heavy atom. The van der Waals surface area contributed by atoms with Crippen molar-refractivity contribution < 1.29 is 4.79 Å². The number of carbonyl (C=O) groups excluding carboxylic acids is 1. The SMILES string of the molecule is Nc1ccccc1NC(=O)C1CCc2ccccc2C1. The summed E-state index contributed by atoms with van der Waals surface area (Å²) in [4.78, 5) is 12.4. The molecule has 20 heavy (non-hydrogen) atoms. The van der Waals surface area contributed by atoms with E-state index in [2.05, 4.69) is 23.5 Å². The first-order valence-electron chi connectivity index (χ1n) is 6.96. The molecular formula is C17H18N2O. The summed E-state index contributed by atoms with van der Waals surface area (Å²) >= 11 is 0. The fourth-order valence-electron chi connectivity index (χ4n) is 2.77. The number of aryl methyl sites for hydroxylation is 1. The van der Waals surface area contributed by atoms with E-state index in [1.54, 1.807) is 6.07 Å². The number of nitrogen functional groups attached to an aromatic ring is 1. The molecule has 1 amide bonds. The van der Waals surface area contributed by atoms with Gasteiger partial charge < -0.3 is 11.1 Å². The van der Waals surface area contributed by atoms with Gasteiger partial charge >= 0.3 is 0 Å². The van der Waals surface area contributed by atoms with Gasteiger partial charge in [0.1, 0.15) is 0 Å². The fourth-order valence-corrected chi connectivity index (χ4v) is 2.77. The maximum absolute atomic E-state index is 12.4. The van der Waals surface area contributed by atoms with Gasteiger partial charge in [0, 0.05) is 5.92 Å². The third kappa shape index (κ3) is 2.52. The highest BCUT2D eigenvalue weighted by atomic mass is 16.1. The van der Waals surface area contributed by atoms with Crippen LogP contribution in [0.2, 0.25) is 0 Å². The Hall–Kier alpha value is -2.29. The van der Waals surface area contributed by atoms with E-state index in [9.17, 15) is 4.79 Å². The summed E-state index contributed by atoms with van der Waals surface area (Å²) in [6, 6.07) is 15.7. The Kier molecular flexibility index (Phi) is 3.42. The minimum atomic E-state index is 0.0320. The van der Waals surface area contributed by atoms with E-state index in [-0.39, 0.29) is 11.8 Å². The minimum absolute atomic E-state index is 0.0320. The highest BCUT2D eigenvalue weighted by Gasteiger charge is 2.24. The predicted molar refractivity (Wildman–Crippen MR) is 81.4 cm³/mol. The molecule has 3 heteroatoms. The molecule has 2 aromatic carbocycles. The average molecular weight is 266 g/mol. The predicted octanol–water partition coefficient (Wildman–Crippen LogP) is 3.01. The summed E-state index contributed by atoms with van der Waals surface area (Å²) in [5, 5.41) is 2.95. The van der Waals surface area contributed by atoms with Gasteiger partial charge in [-0.25, -0.2) is 0 Å². The van der Waals surface area contributed by atoms with Crippen LogP contribution in [0.25, 0.3) is 0 Å². The third-order valence-electron chi connectivity index (χ3n) is 3.94. The average Bonchev–Trinajstić information content (AvgIpc) is 2.49. The van der Waals surface area contributed by atoms with Crippen molar-refractivity contribution in [3.63, 3.8) is 0 Å². The van der Waals surface area contributed by atoms with E-state index in [1.165, 1.54) is 11.1 Å². The highest BCUT2D eigenvalue weighted by molar-refractivity contribution is 5.95. The van der Waals surface area contributed by atoms with Crippen LogP contribution >= 0.6 is 0 Å². The highest BCUT2D eigenvalue weighted by Crippen LogP contribution is 2.27. The zero-order valence-corrected chi connectivity index (χ0v) is 11.3. The maximum atomic E-state index is 12.4. The molecule has 2 aromatic rings. The van der Waals surface area contributed by atoms with Crippen LogP contribution in [0.15, 0.2) is 48.5 Å². The first kappa shape index (κ1) is 12.7. The van der Waals surface area contributed by atoms with Crippen molar-refractivity contribution >= 4 is 17.3 Å². The number of hydrogen-bond donors (Lipinski definition) is 2. The number of rotatable bonds is 2. The van der Waals surface area contributed by atoms with Crippen LogP contribution in [-0.2, 0) is 17.6 Å². The molecule has 3 nitrogen and oxygen atoms in total. The first-order chi connectivity index (χ1) is 9.74. The zero-order valence-electron chi connectivity index (χ0n) is 11.3. The van der Waals surface area contributed by atoms with Gasteiger partial charge in [0.05, 0.1) is 11.4 Å². The minimum Gasteiger partial charge on any atom is -0.397 e. The number of nitrogens with one attached hydrogen (secondary N) is 1. The van der Waals surface area contributed by atoms with Crippen molar-refractivity contribution in [3.8, 4) is 0 Å². The Labute approximate surface area is 118 Å². The summed E-state index contributed by atoms with van der Waals surface area (Å²) in [6.45, 7) is 0. The number of nitrogens with two attached hydrogens (primary N) is 1. The van der Waals surface area contributed by atoms with Crippen LogP contribution in [0.1, 0.15) is 17.5 Å². The Morgan fingerprint density at radius 2 is 1.75 bits per heavy atom.